The van der Waals surface area contributed by atoms with E-state index >= 15 is 0 Å². The third-order valence-corrected chi connectivity index (χ3v) is 3.79. The van der Waals surface area contributed by atoms with Crippen LogP contribution < -0.4 is 5.32 Å². The van der Waals surface area contributed by atoms with Crippen molar-refractivity contribution in [2.24, 2.45) is 0 Å². The van der Waals surface area contributed by atoms with Gasteiger partial charge in [-0.2, -0.15) is 0 Å². The zero-order valence-electron chi connectivity index (χ0n) is 10.5. The van der Waals surface area contributed by atoms with E-state index in [1.54, 1.807) is 24.1 Å². The summed E-state index contributed by atoms with van der Waals surface area (Å²) in [6.07, 6.45) is 1.48. The fraction of sp³-hybridized carbons (Fsp3) is 0.385. The molecule has 102 valence electrons. The molecule has 1 aromatic carbocycles. The topological polar surface area (TPSA) is 49.4 Å². The highest BCUT2D eigenvalue weighted by Crippen LogP contribution is 2.26. The second-order valence-electron chi connectivity index (χ2n) is 4.39. The molecule has 1 saturated heterocycles. The molecular weight excluding hydrogens is 287 g/mol. The van der Waals surface area contributed by atoms with Gasteiger partial charge in [0.15, 0.2) is 0 Å². The van der Waals surface area contributed by atoms with Crippen molar-refractivity contribution in [2.45, 2.75) is 18.9 Å². The summed E-state index contributed by atoms with van der Waals surface area (Å²) in [6.45, 7) is 0.555. The summed E-state index contributed by atoms with van der Waals surface area (Å²) in [6, 6.07) is 4.32. The highest BCUT2D eigenvalue weighted by Gasteiger charge is 2.34. The molecule has 0 spiro atoms. The molecule has 0 bridgehead atoms. The SMILES string of the molecule is CNC(=O)[C@H]1CCCN1C(=O)c1cc(Cl)ccc1Cl. The fourth-order valence-corrected chi connectivity index (χ4v) is 2.64. The molecule has 0 unspecified atom stereocenters. The smallest absolute Gasteiger partial charge is 0.256 e. The zero-order chi connectivity index (χ0) is 14.0. The molecule has 1 fully saturated rings. The normalized spacial score (nSPS) is 18.5. The maximum absolute atomic E-state index is 12.5. The molecule has 1 aromatic rings. The van der Waals surface area contributed by atoms with Crippen LogP contribution in [-0.2, 0) is 4.79 Å². The van der Waals surface area contributed by atoms with Crippen molar-refractivity contribution in [1.29, 1.82) is 0 Å². The Morgan fingerprint density at radius 3 is 2.79 bits per heavy atom. The van der Waals surface area contributed by atoms with Gasteiger partial charge >= 0.3 is 0 Å². The van der Waals surface area contributed by atoms with Crippen LogP contribution in [0.4, 0.5) is 0 Å². The number of benzene rings is 1. The number of nitrogens with one attached hydrogen (secondary N) is 1. The minimum Gasteiger partial charge on any atom is -0.357 e. The number of rotatable bonds is 2. The monoisotopic (exact) mass is 300 g/mol. The predicted octanol–water partition coefficient (Wildman–Crippen LogP) is 2.34. The van der Waals surface area contributed by atoms with Crippen LogP contribution in [-0.4, -0.2) is 36.3 Å². The van der Waals surface area contributed by atoms with Gasteiger partial charge in [0.05, 0.1) is 10.6 Å². The molecule has 1 aliphatic rings. The highest BCUT2D eigenvalue weighted by molar-refractivity contribution is 6.35. The summed E-state index contributed by atoms with van der Waals surface area (Å²) >= 11 is 11.9. The molecule has 1 N–H and O–H groups in total. The number of halogens is 2. The van der Waals surface area contributed by atoms with E-state index in [0.717, 1.165) is 6.42 Å². The molecule has 1 atom stereocenters. The summed E-state index contributed by atoms with van der Waals surface area (Å²) in [5, 5.41) is 3.37. The van der Waals surface area contributed by atoms with Crippen molar-refractivity contribution < 1.29 is 9.59 Å². The van der Waals surface area contributed by atoms with Gasteiger partial charge in [-0.3, -0.25) is 9.59 Å². The van der Waals surface area contributed by atoms with Gasteiger partial charge in [0.25, 0.3) is 5.91 Å². The Labute approximate surface area is 121 Å². The van der Waals surface area contributed by atoms with Gasteiger partial charge in [-0.1, -0.05) is 23.2 Å². The summed E-state index contributed by atoms with van der Waals surface area (Å²) in [5.41, 5.74) is 0.338. The molecule has 19 heavy (non-hydrogen) atoms. The average Bonchev–Trinajstić information content (AvgIpc) is 2.89. The molecule has 2 amide bonds. The number of carbonyl (C=O) groups excluding carboxylic acids is 2. The van der Waals surface area contributed by atoms with Crippen molar-refractivity contribution in [1.82, 2.24) is 10.2 Å². The Bertz CT molecular complexity index is 519. The maximum atomic E-state index is 12.5. The summed E-state index contributed by atoms with van der Waals surface area (Å²) in [4.78, 5) is 25.8. The van der Waals surface area contributed by atoms with Crippen LogP contribution in [0, 0.1) is 0 Å². The minimum absolute atomic E-state index is 0.149. The first-order valence-electron chi connectivity index (χ1n) is 6.02. The lowest BCUT2D eigenvalue weighted by atomic mass is 10.1. The van der Waals surface area contributed by atoms with E-state index in [2.05, 4.69) is 5.32 Å². The van der Waals surface area contributed by atoms with E-state index in [4.69, 9.17) is 23.2 Å². The first-order valence-corrected chi connectivity index (χ1v) is 6.78. The largest absolute Gasteiger partial charge is 0.357 e. The summed E-state index contributed by atoms with van der Waals surface area (Å²) < 4.78 is 0. The van der Waals surface area contributed by atoms with E-state index in [-0.39, 0.29) is 11.8 Å². The molecule has 1 aliphatic heterocycles. The third kappa shape index (κ3) is 2.85. The number of hydrogen-bond acceptors (Lipinski definition) is 2. The van der Waals surface area contributed by atoms with Crippen LogP contribution in [0.3, 0.4) is 0 Å². The van der Waals surface area contributed by atoms with Gasteiger partial charge in [0.2, 0.25) is 5.91 Å². The van der Waals surface area contributed by atoms with Crippen molar-refractivity contribution in [3.8, 4) is 0 Å². The number of amides is 2. The van der Waals surface area contributed by atoms with E-state index in [1.807, 2.05) is 0 Å². The average molecular weight is 301 g/mol. The van der Waals surface area contributed by atoms with E-state index < -0.39 is 6.04 Å². The van der Waals surface area contributed by atoms with Crippen LogP contribution in [0.1, 0.15) is 23.2 Å². The Kier molecular flexibility index (Phi) is 4.32. The number of nitrogens with zero attached hydrogens (tertiary/aromatic N) is 1. The standard InChI is InChI=1S/C13H14Cl2N2O2/c1-16-12(18)11-3-2-6-17(11)13(19)9-7-8(14)4-5-10(9)15/h4-5,7,11H,2-3,6H2,1H3,(H,16,18)/t11-/m1/s1. The molecule has 0 aromatic heterocycles. The molecular formula is C13H14Cl2N2O2. The fourth-order valence-electron chi connectivity index (χ4n) is 2.27. The Hall–Kier alpha value is -1.26. The van der Waals surface area contributed by atoms with Crippen LogP contribution in [0.2, 0.25) is 10.0 Å². The lowest BCUT2D eigenvalue weighted by Gasteiger charge is -2.23. The van der Waals surface area contributed by atoms with Gasteiger partial charge in [-0.15, -0.1) is 0 Å². The number of likely N-dealkylation sites (tertiary alicyclic amines) is 1. The predicted molar refractivity (Wildman–Crippen MR) is 74.6 cm³/mol. The first-order chi connectivity index (χ1) is 9.04. The molecule has 6 heteroatoms. The van der Waals surface area contributed by atoms with E-state index in [0.29, 0.717) is 28.6 Å². The Balaban J connectivity index is 2.28. The van der Waals surface area contributed by atoms with Crippen molar-refractivity contribution in [3.63, 3.8) is 0 Å². The molecule has 1 heterocycles. The van der Waals surface area contributed by atoms with Gasteiger partial charge < -0.3 is 10.2 Å². The van der Waals surface area contributed by atoms with Crippen molar-refractivity contribution in [2.75, 3.05) is 13.6 Å². The Morgan fingerprint density at radius 1 is 1.37 bits per heavy atom. The number of carbonyl (C=O) groups is 2. The van der Waals surface area contributed by atoms with Crippen LogP contribution in [0.5, 0.6) is 0 Å². The van der Waals surface area contributed by atoms with Crippen LogP contribution in [0.15, 0.2) is 18.2 Å². The lowest BCUT2D eigenvalue weighted by Crippen LogP contribution is -2.45. The van der Waals surface area contributed by atoms with Crippen molar-refractivity contribution >= 4 is 35.0 Å². The zero-order valence-corrected chi connectivity index (χ0v) is 12.0. The Morgan fingerprint density at radius 2 is 2.11 bits per heavy atom. The molecule has 2 rings (SSSR count). The van der Waals surface area contributed by atoms with Crippen LogP contribution in [0.25, 0.3) is 0 Å². The lowest BCUT2D eigenvalue weighted by molar-refractivity contribution is -0.124. The summed E-state index contributed by atoms with van der Waals surface area (Å²) in [5.74, 6) is -0.400. The third-order valence-electron chi connectivity index (χ3n) is 3.22. The van der Waals surface area contributed by atoms with Gasteiger partial charge in [-0.25, -0.2) is 0 Å². The van der Waals surface area contributed by atoms with Gasteiger partial charge in [0, 0.05) is 18.6 Å². The molecule has 0 radical (unpaired) electrons. The summed E-state index contributed by atoms with van der Waals surface area (Å²) in [7, 11) is 1.57. The highest BCUT2D eigenvalue weighted by atomic mass is 35.5. The maximum Gasteiger partial charge on any atom is 0.256 e. The second-order valence-corrected chi connectivity index (χ2v) is 5.24. The minimum atomic E-state index is -0.424. The molecule has 0 saturated carbocycles. The first kappa shape index (κ1) is 14.2. The van der Waals surface area contributed by atoms with E-state index in [9.17, 15) is 9.59 Å². The molecule has 0 aliphatic carbocycles. The quantitative estimate of drug-likeness (QED) is 0.911. The van der Waals surface area contributed by atoms with E-state index in [1.165, 1.54) is 6.07 Å². The van der Waals surface area contributed by atoms with Gasteiger partial charge in [-0.05, 0) is 31.0 Å². The van der Waals surface area contributed by atoms with Gasteiger partial charge in [0.1, 0.15) is 6.04 Å². The molecule has 4 nitrogen and oxygen atoms in total. The van der Waals surface area contributed by atoms with Crippen LogP contribution >= 0.6 is 23.2 Å². The number of likely N-dealkylation sites (N-methyl/N-ethyl adjacent to an activating group) is 1. The number of hydrogen-bond donors (Lipinski definition) is 1. The second kappa shape index (κ2) is 5.80. The van der Waals surface area contributed by atoms with Crippen molar-refractivity contribution in [3.05, 3.63) is 33.8 Å².